The topological polar surface area (TPSA) is 118 Å². The van der Waals surface area contributed by atoms with Gasteiger partial charge in [0.25, 0.3) is 5.91 Å². The van der Waals surface area contributed by atoms with E-state index >= 15 is 0 Å². The zero-order chi connectivity index (χ0) is 20.4. The largest absolute Gasteiger partial charge is 0.496 e. The molecule has 28 heavy (non-hydrogen) atoms. The van der Waals surface area contributed by atoms with E-state index in [-0.39, 0.29) is 11.6 Å². The Morgan fingerprint density at radius 2 is 2.04 bits per heavy atom. The molecule has 3 N–H and O–H groups in total. The molecule has 2 aromatic heterocycles. The van der Waals surface area contributed by atoms with Crippen LogP contribution in [0.1, 0.15) is 31.3 Å². The maximum atomic E-state index is 12.6. The van der Waals surface area contributed by atoms with E-state index in [4.69, 9.17) is 9.84 Å². The van der Waals surface area contributed by atoms with Gasteiger partial charge >= 0.3 is 5.97 Å². The number of carbonyl (C=O) groups is 2. The molecule has 0 unspecified atom stereocenters. The summed E-state index contributed by atoms with van der Waals surface area (Å²) in [6.07, 6.45) is 1.46. The quantitative estimate of drug-likeness (QED) is 0.580. The molecule has 3 rings (SSSR count). The van der Waals surface area contributed by atoms with Crippen molar-refractivity contribution < 1.29 is 19.4 Å². The van der Waals surface area contributed by atoms with Crippen LogP contribution in [-0.4, -0.2) is 38.9 Å². The first kappa shape index (κ1) is 19.4. The third-order valence-electron chi connectivity index (χ3n) is 4.15. The summed E-state index contributed by atoms with van der Waals surface area (Å²) in [4.78, 5) is 28.2. The Balaban J connectivity index is 1.77. The second kappa shape index (κ2) is 7.69. The molecule has 9 nitrogen and oxygen atoms in total. The molecule has 0 aliphatic heterocycles. The van der Waals surface area contributed by atoms with Crippen molar-refractivity contribution in [1.29, 1.82) is 0 Å². The maximum absolute atomic E-state index is 12.6. The van der Waals surface area contributed by atoms with Gasteiger partial charge in [-0.3, -0.25) is 9.48 Å². The average molecular weight is 401 g/mol. The lowest BCUT2D eigenvalue weighted by atomic mass is 10.1. The summed E-state index contributed by atoms with van der Waals surface area (Å²) in [5.41, 5.74) is 2.38. The number of aryl methyl sites for hydroxylation is 2. The monoisotopic (exact) mass is 401 g/mol. The molecule has 0 aliphatic rings. The molecule has 0 bridgehead atoms. The molecule has 0 saturated carbocycles. The Bertz CT molecular complexity index is 1060. The Kier molecular flexibility index (Phi) is 5.32. The van der Waals surface area contributed by atoms with E-state index in [1.165, 1.54) is 16.9 Å². The molecule has 1 amide bonds. The molecule has 0 atom stereocenters. The van der Waals surface area contributed by atoms with Gasteiger partial charge in [-0.25, -0.2) is 9.78 Å². The molecule has 146 valence electrons. The highest BCUT2D eigenvalue weighted by Gasteiger charge is 2.17. The number of amides is 1. The van der Waals surface area contributed by atoms with Crippen molar-refractivity contribution in [2.24, 2.45) is 7.05 Å². The van der Waals surface area contributed by atoms with Crippen molar-refractivity contribution in [3.63, 3.8) is 0 Å². The number of nitrogens with zero attached hydrogens (tertiary/aromatic N) is 3. The summed E-state index contributed by atoms with van der Waals surface area (Å²) in [6.45, 7) is 3.79. The number of nitrogens with one attached hydrogen (secondary N) is 2. The molecule has 10 heteroatoms. The highest BCUT2D eigenvalue weighted by molar-refractivity contribution is 7.17. The van der Waals surface area contributed by atoms with E-state index in [0.717, 1.165) is 22.5 Å². The first-order valence-corrected chi connectivity index (χ1v) is 9.07. The number of carboxylic acids is 1. The fourth-order valence-corrected chi connectivity index (χ4v) is 3.37. The number of aromatic carboxylic acids is 1. The summed E-state index contributed by atoms with van der Waals surface area (Å²) in [7, 11) is 3.20. The lowest BCUT2D eigenvalue weighted by Crippen LogP contribution is -2.12. The summed E-state index contributed by atoms with van der Waals surface area (Å²) in [5.74, 6) is -0.260. The zero-order valence-corrected chi connectivity index (χ0v) is 16.5. The summed E-state index contributed by atoms with van der Waals surface area (Å²) < 4.78 is 6.70. The predicted octanol–water partition coefficient (Wildman–Crippen LogP) is 3.20. The van der Waals surface area contributed by atoms with Gasteiger partial charge in [0, 0.05) is 18.7 Å². The number of thiazole rings is 1. The molecular formula is C18H19N5O4S. The number of benzene rings is 1. The van der Waals surface area contributed by atoms with Gasteiger partial charge in [-0.2, -0.15) is 5.10 Å². The van der Waals surface area contributed by atoms with Crippen molar-refractivity contribution in [3.8, 4) is 5.75 Å². The van der Waals surface area contributed by atoms with E-state index in [2.05, 4.69) is 20.7 Å². The molecule has 0 fully saturated rings. The molecule has 2 heterocycles. The van der Waals surface area contributed by atoms with Crippen LogP contribution in [0.4, 0.5) is 16.6 Å². The van der Waals surface area contributed by atoms with E-state index < -0.39 is 5.97 Å². The predicted molar refractivity (Wildman–Crippen MR) is 106 cm³/mol. The number of hydrogen-bond acceptors (Lipinski definition) is 7. The first-order chi connectivity index (χ1) is 13.3. The Morgan fingerprint density at radius 3 is 2.68 bits per heavy atom. The highest BCUT2D eigenvalue weighted by Crippen LogP contribution is 2.30. The number of rotatable bonds is 6. The third-order valence-corrected chi connectivity index (χ3v) is 5.06. The molecule has 0 radical (unpaired) electrons. The molecule has 1 aromatic carbocycles. The lowest BCUT2D eigenvalue weighted by molar-refractivity contribution is 0.0689. The van der Waals surface area contributed by atoms with Gasteiger partial charge < -0.3 is 20.5 Å². The van der Waals surface area contributed by atoms with Crippen molar-refractivity contribution in [2.45, 2.75) is 13.8 Å². The summed E-state index contributed by atoms with van der Waals surface area (Å²) in [6, 6.07) is 5.13. The second-order valence-electron chi connectivity index (χ2n) is 6.04. The van der Waals surface area contributed by atoms with Gasteiger partial charge in [0.2, 0.25) is 0 Å². The van der Waals surface area contributed by atoms with E-state index in [1.807, 2.05) is 26.0 Å². The fourth-order valence-electron chi connectivity index (χ4n) is 2.65. The van der Waals surface area contributed by atoms with Crippen molar-refractivity contribution in [1.82, 2.24) is 14.8 Å². The van der Waals surface area contributed by atoms with Crippen LogP contribution in [0.15, 0.2) is 24.4 Å². The smallest absolute Gasteiger partial charge is 0.356 e. The van der Waals surface area contributed by atoms with Crippen LogP contribution in [0.25, 0.3) is 0 Å². The van der Waals surface area contributed by atoms with Crippen LogP contribution in [0, 0.1) is 13.8 Å². The van der Waals surface area contributed by atoms with Gasteiger partial charge in [0.05, 0.1) is 19.0 Å². The number of methoxy groups -OCH3 is 1. The van der Waals surface area contributed by atoms with Gasteiger partial charge in [0.15, 0.2) is 10.8 Å². The fraction of sp³-hybridized carbons (Fsp3) is 0.222. The van der Waals surface area contributed by atoms with Crippen LogP contribution in [-0.2, 0) is 7.05 Å². The minimum Gasteiger partial charge on any atom is -0.496 e. The minimum absolute atomic E-state index is 0.0801. The number of aromatic nitrogens is 3. The third kappa shape index (κ3) is 3.81. The SMILES string of the molecule is COc1ccc(C)c(NC(=O)c2cnc(Nc3cc(C(=O)O)nn3C)s2)c1C. The Hall–Kier alpha value is -3.40. The zero-order valence-electron chi connectivity index (χ0n) is 15.7. The molecule has 0 saturated heterocycles. The van der Waals surface area contributed by atoms with E-state index in [9.17, 15) is 9.59 Å². The van der Waals surface area contributed by atoms with Gasteiger partial charge in [-0.1, -0.05) is 17.4 Å². The highest BCUT2D eigenvalue weighted by atomic mass is 32.1. The summed E-state index contributed by atoms with van der Waals surface area (Å²) in [5, 5.41) is 19.2. The molecule has 0 aliphatic carbocycles. The summed E-state index contributed by atoms with van der Waals surface area (Å²) >= 11 is 1.15. The number of ether oxygens (including phenoxy) is 1. The van der Waals surface area contributed by atoms with Crippen LogP contribution < -0.4 is 15.4 Å². The van der Waals surface area contributed by atoms with Crippen LogP contribution in [0.2, 0.25) is 0 Å². The minimum atomic E-state index is -1.12. The number of anilines is 3. The average Bonchev–Trinajstić information content (AvgIpc) is 3.26. The van der Waals surface area contributed by atoms with Gasteiger partial charge in [0.1, 0.15) is 16.4 Å². The lowest BCUT2D eigenvalue weighted by Gasteiger charge is -2.14. The standard InChI is InChI=1S/C18H19N5O4S/c1-9-5-6-12(27-4)10(2)15(9)21-16(24)13-8-19-18(28-13)20-14-7-11(17(25)26)22-23(14)3/h5-8H,1-4H3,(H,19,20)(H,21,24)(H,25,26). The number of carboxylic acid groups (broad SMARTS) is 1. The molecule has 3 aromatic rings. The molecule has 0 spiro atoms. The van der Waals surface area contributed by atoms with E-state index in [1.54, 1.807) is 14.2 Å². The molecular weight excluding hydrogens is 382 g/mol. The van der Waals surface area contributed by atoms with Crippen molar-refractivity contribution in [2.75, 3.05) is 17.7 Å². The first-order valence-electron chi connectivity index (χ1n) is 8.26. The van der Waals surface area contributed by atoms with Crippen LogP contribution in [0.5, 0.6) is 5.75 Å². The van der Waals surface area contributed by atoms with Crippen molar-refractivity contribution >= 4 is 39.9 Å². The Morgan fingerprint density at radius 1 is 1.29 bits per heavy atom. The normalized spacial score (nSPS) is 10.6. The van der Waals surface area contributed by atoms with Crippen LogP contribution in [0.3, 0.4) is 0 Å². The second-order valence-corrected chi connectivity index (χ2v) is 7.07. The Labute approximate surface area is 165 Å². The number of carbonyl (C=O) groups excluding carboxylic acids is 1. The van der Waals surface area contributed by atoms with Gasteiger partial charge in [-0.15, -0.1) is 0 Å². The van der Waals surface area contributed by atoms with Crippen molar-refractivity contribution in [3.05, 3.63) is 46.1 Å². The maximum Gasteiger partial charge on any atom is 0.356 e. The van der Waals surface area contributed by atoms with E-state index in [0.29, 0.717) is 27.3 Å². The van der Waals surface area contributed by atoms with Gasteiger partial charge in [-0.05, 0) is 25.5 Å². The number of hydrogen-bond donors (Lipinski definition) is 3. The van der Waals surface area contributed by atoms with Crippen LogP contribution >= 0.6 is 11.3 Å².